The average molecular weight is 191 g/mol. The maximum Gasteiger partial charge on any atom is 0.119 e. The molecule has 0 radical (unpaired) electrons. The zero-order valence-electron chi connectivity index (χ0n) is 8.81. The molecule has 2 unspecified atom stereocenters. The van der Waals surface area contributed by atoms with Gasteiger partial charge in [-0.2, -0.15) is 0 Å². The zero-order chi connectivity index (χ0) is 9.97. The van der Waals surface area contributed by atoms with E-state index in [0.717, 1.165) is 5.75 Å². The van der Waals surface area contributed by atoms with Crippen LogP contribution in [0.15, 0.2) is 30.3 Å². The number of benzene rings is 1. The third-order valence-corrected chi connectivity index (χ3v) is 2.87. The van der Waals surface area contributed by atoms with Crippen LogP contribution in [0.3, 0.4) is 0 Å². The average Bonchev–Trinajstić information content (AvgIpc) is 2.13. The summed E-state index contributed by atoms with van der Waals surface area (Å²) in [4.78, 5) is 2.25. The Balaban J connectivity index is 1.93. The topological polar surface area (TPSA) is 12.5 Å². The van der Waals surface area contributed by atoms with Gasteiger partial charge in [-0.25, -0.2) is 0 Å². The van der Waals surface area contributed by atoms with Gasteiger partial charge in [0.05, 0.1) is 0 Å². The van der Waals surface area contributed by atoms with E-state index < -0.39 is 0 Å². The molecule has 1 saturated carbocycles. The van der Waals surface area contributed by atoms with Crippen molar-refractivity contribution in [2.24, 2.45) is 0 Å². The normalized spacial score (nSPS) is 25.9. The fourth-order valence-corrected chi connectivity index (χ4v) is 1.85. The van der Waals surface area contributed by atoms with Gasteiger partial charge in [0.2, 0.25) is 0 Å². The summed E-state index contributed by atoms with van der Waals surface area (Å²) in [6.45, 7) is 0. The highest BCUT2D eigenvalue weighted by Crippen LogP contribution is 2.28. The molecule has 2 nitrogen and oxygen atoms in total. The Morgan fingerprint density at radius 1 is 1.14 bits per heavy atom. The van der Waals surface area contributed by atoms with Crippen LogP contribution in [-0.4, -0.2) is 31.1 Å². The van der Waals surface area contributed by atoms with Crippen LogP contribution < -0.4 is 4.74 Å². The monoisotopic (exact) mass is 191 g/mol. The third-order valence-electron chi connectivity index (χ3n) is 2.87. The molecule has 0 aliphatic heterocycles. The van der Waals surface area contributed by atoms with E-state index in [4.69, 9.17) is 4.74 Å². The number of ether oxygens (including phenoxy) is 1. The number of likely N-dealkylation sites (N-methyl/N-ethyl adjacent to an activating group) is 1. The van der Waals surface area contributed by atoms with E-state index in [1.54, 1.807) is 0 Å². The Morgan fingerprint density at radius 3 is 2.36 bits per heavy atom. The lowest BCUT2D eigenvalue weighted by molar-refractivity contribution is 0.0195. The van der Waals surface area contributed by atoms with Crippen molar-refractivity contribution in [2.45, 2.75) is 25.0 Å². The van der Waals surface area contributed by atoms with Crippen molar-refractivity contribution in [3.05, 3.63) is 30.3 Å². The highest BCUT2D eigenvalue weighted by molar-refractivity contribution is 5.21. The molecule has 0 aromatic heterocycles. The van der Waals surface area contributed by atoms with Crippen LogP contribution >= 0.6 is 0 Å². The van der Waals surface area contributed by atoms with E-state index in [2.05, 4.69) is 19.0 Å². The first kappa shape index (κ1) is 9.53. The molecular weight excluding hydrogens is 174 g/mol. The molecule has 1 fully saturated rings. The highest BCUT2D eigenvalue weighted by atomic mass is 16.5. The van der Waals surface area contributed by atoms with Crippen LogP contribution in [0.1, 0.15) is 12.8 Å². The molecule has 0 amide bonds. The fourth-order valence-electron chi connectivity index (χ4n) is 1.85. The van der Waals surface area contributed by atoms with Crippen LogP contribution in [0.2, 0.25) is 0 Å². The van der Waals surface area contributed by atoms with Gasteiger partial charge < -0.3 is 9.64 Å². The van der Waals surface area contributed by atoms with Crippen LogP contribution in [0, 0.1) is 0 Å². The fraction of sp³-hybridized carbons (Fsp3) is 0.500. The summed E-state index contributed by atoms with van der Waals surface area (Å²) in [5.74, 6) is 0.990. The highest BCUT2D eigenvalue weighted by Gasteiger charge is 2.34. The molecule has 0 bridgehead atoms. The summed E-state index contributed by atoms with van der Waals surface area (Å²) < 4.78 is 5.88. The maximum absolute atomic E-state index is 5.88. The van der Waals surface area contributed by atoms with Gasteiger partial charge >= 0.3 is 0 Å². The van der Waals surface area contributed by atoms with E-state index in [1.165, 1.54) is 12.8 Å². The number of rotatable bonds is 3. The van der Waals surface area contributed by atoms with Gasteiger partial charge in [0.15, 0.2) is 0 Å². The first-order valence-corrected chi connectivity index (χ1v) is 5.15. The molecule has 1 aliphatic rings. The molecule has 2 rings (SSSR count). The summed E-state index contributed by atoms with van der Waals surface area (Å²) in [6.07, 6.45) is 2.81. The minimum absolute atomic E-state index is 0.382. The van der Waals surface area contributed by atoms with E-state index >= 15 is 0 Å². The second kappa shape index (κ2) is 4.01. The predicted octanol–water partition coefficient (Wildman–Crippen LogP) is 2.16. The van der Waals surface area contributed by atoms with Gasteiger partial charge in [-0.15, -0.1) is 0 Å². The van der Waals surface area contributed by atoms with Crippen molar-refractivity contribution in [1.82, 2.24) is 4.90 Å². The summed E-state index contributed by atoms with van der Waals surface area (Å²) in [6, 6.07) is 10.7. The molecule has 1 aliphatic carbocycles. The molecule has 76 valence electrons. The smallest absolute Gasteiger partial charge is 0.119 e. The molecular formula is C12H17NO. The summed E-state index contributed by atoms with van der Waals surface area (Å²) in [5.41, 5.74) is 0. The minimum Gasteiger partial charge on any atom is -0.489 e. The van der Waals surface area contributed by atoms with Gasteiger partial charge in [-0.05, 0) is 39.1 Å². The number of hydrogen-bond acceptors (Lipinski definition) is 2. The second-order valence-electron chi connectivity index (χ2n) is 4.08. The van der Waals surface area contributed by atoms with Crippen LogP contribution in [0.5, 0.6) is 5.75 Å². The van der Waals surface area contributed by atoms with E-state index in [0.29, 0.717) is 12.1 Å². The standard InChI is InChI=1S/C12H17NO/c1-13(2)11-8-9-12(11)14-10-6-4-3-5-7-10/h3-7,11-12H,8-9H2,1-2H3. The van der Waals surface area contributed by atoms with Crippen molar-refractivity contribution in [2.75, 3.05) is 14.1 Å². The van der Waals surface area contributed by atoms with Crippen molar-refractivity contribution in [3.8, 4) is 5.75 Å². The third kappa shape index (κ3) is 1.90. The molecule has 0 N–H and O–H groups in total. The quantitative estimate of drug-likeness (QED) is 0.726. The minimum atomic E-state index is 0.382. The van der Waals surface area contributed by atoms with Gasteiger partial charge in [0.25, 0.3) is 0 Å². The molecule has 2 heteroatoms. The van der Waals surface area contributed by atoms with Gasteiger partial charge in [0, 0.05) is 6.04 Å². The van der Waals surface area contributed by atoms with Gasteiger partial charge in [-0.1, -0.05) is 18.2 Å². The largest absolute Gasteiger partial charge is 0.489 e. The van der Waals surface area contributed by atoms with Crippen molar-refractivity contribution >= 4 is 0 Å². The van der Waals surface area contributed by atoms with Crippen molar-refractivity contribution < 1.29 is 4.74 Å². The van der Waals surface area contributed by atoms with E-state index in [9.17, 15) is 0 Å². The Hall–Kier alpha value is -1.02. The molecule has 14 heavy (non-hydrogen) atoms. The molecule has 1 aromatic rings. The van der Waals surface area contributed by atoms with Gasteiger partial charge in [0.1, 0.15) is 11.9 Å². The maximum atomic E-state index is 5.88. The molecule has 0 saturated heterocycles. The summed E-state index contributed by atoms with van der Waals surface area (Å²) in [5, 5.41) is 0. The lowest BCUT2D eigenvalue weighted by Crippen LogP contribution is -2.50. The van der Waals surface area contributed by atoms with E-state index in [1.807, 2.05) is 30.3 Å². The van der Waals surface area contributed by atoms with Crippen molar-refractivity contribution in [3.63, 3.8) is 0 Å². The molecule has 0 heterocycles. The Kier molecular flexibility index (Phi) is 2.73. The Bertz CT molecular complexity index is 284. The van der Waals surface area contributed by atoms with Crippen LogP contribution in [-0.2, 0) is 0 Å². The molecule has 2 atom stereocenters. The molecule has 0 spiro atoms. The first-order valence-electron chi connectivity index (χ1n) is 5.15. The number of nitrogens with zero attached hydrogens (tertiary/aromatic N) is 1. The Morgan fingerprint density at radius 2 is 1.86 bits per heavy atom. The second-order valence-corrected chi connectivity index (χ2v) is 4.08. The predicted molar refractivity (Wildman–Crippen MR) is 57.6 cm³/mol. The zero-order valence-corrected chi connectivity index (χ0v) is 8.81. The Labute approximate surface area is 85.5 Å². The number of hydrogen-bond donors (Lipinski definition) is 0. The number of para-hydroxylation sites is 1. The SMILES string of the molecule is CN(C)C1CCC1Oc1ccccc1. The van der Waals surface area contributed by atoms with E-state index in [-0.39, 0.29) is 0 Å². The lowest BCUT2D eigenvalue weighted by Gasteiger charge is -2.40. The summed E-state index contributed by atoms with van der Waals surface area (Å²) >= 11 is 0. The van der Waals surface area contributed by atoms with Crippen molar-refractivity contribution in [1.29, 1.82) is 0 Å². The van der Waals surface area contributed by atoms with Crippen LogP contribution in [0.4, 0.5) is 0 Å². The first-order chi connectivity index (χ1) is 6.77. The summed E-state index contributed by atoms with van der Waals surface area (Å²) in [7, 11) is 4.23. The lowest BCUT2D eigenvalue weighted by atomic mass is 9.88. The van der Waals surface area contributed by atoms with Crippen LogP contribution in [0.25, 0.3) is 0 Å². The van der Waals surface area contributed by atoms with Gasteiger partial charge in [-0.3, -0.25) is 0 Å². The molecule has 1 aromatic carbocycles.